The van der Waals surface area contributed by atoms with Crippen LogP contribution in [0.3, 0.4) is 0 Å². The minimum Gasteiger partial charge on any atom is -0.495 e. The van der Waals surface area contributed by atoms with Gasteiger partial charge in [0.1, 0.15) is 11.4 Å². The Morgan fingerprint density at radius 3 is 2.00 bits per heavy atom. The minimum atomic E-state index is -4.18. The first-order valence-electron chi connectivity index (χ1n) is 8.01. The van der Waals surface area contributed by atoms with E-state index in [2.05, 4.69) is 4.72 Å². The predicted octanol–water partition coefficient (Wildman–Crippen LogP) is 2.96. The number of hydrogen-bond acceptors (Lipinski definition) is 8. The van der Waals surface area contributed by atoms with Crippen LogP contribution in [0.5, 0.6) is 23.0 Å². The number of ether oxygens (including phenoxy) is 5. The highest BCUT2D eigenvalue weighted by molar-refractivity contribution is 7.92. The van der Waals surface area contributed by atoms with Crippen molar-refractivity contribution in [1.29, 1.82) is 0 Å². The highest BCUT2D eigenvalue weighted by Crippen LogP contribution is 2.46. The number of anilines is 1. The molecule has 29 heavy (non-hydrogen) atoms. The van der Waals surface area contributed by atoms with Gasteiger partial charge in [0.05, 0.1) is 51.0 Å². The predicted molar refractivity (Wildman–Crippen MR) is 106 cm³/mol. The van der Waals surface area contributed by atoms with Crippen LogP contribution >= 0.6 is 11.6 Å². The zero-order chi connectivity index (χ0) is 21.8. The van der Waals surface area contributed by atoms with E-state index >= 15 is 0 Å². The van der Waals surface area contributed by atoms with Gasteiger partial charge >= 0.3 is 5.97 Å². The lowest BCUT2D eigenvalue weighted by Gasteiger charge is -2.19. The van der Waals surface area contributed by atoms with Crippen LogP contribution in [-0.4, -0.2) is 49.9 Å². The lowest BCUT2D eigenvalue weighted by Crippen LogP contribution is -2.17. The first kappa shape index (κ1) is 22.4. The molecule has 0 unspecified atom stereocenters. The summed E-state index contributed by atoms with van der Waals surface area (Å²) in [4.78, 5) is 12.1. The number of nitrogens with one attached hydrogen (secondary N) is 1. The average molecular weight is 446 g/mol. The van der Waals surface area contributed by atoms with Gasteiger partial charge in [0.15, 0.2) is 11.5 Å². The van der Waals surface area contributed by atoms with Gasteiger partial charge in [-0.2, -0.15) is 0 Å². The summed E-state index contributed by atoms with van der Waals surface area (Å²) < 4.78 is 53.8. The molecule has 0 aliphatic carbocycles. The molecule has 0 bridgehead atoms. The minimum absolute atomic E-state index is 0.0598. The molecule has 11 heteroatoms. The molecule has 0 radical (unpaired) electrons. The summed E-state index contributed by atoms with van der Waals surface area (Å²) in [6, 6.07) is 5.21. The second-order valence-corrected chi connectivity index (χ2v) is 7.55. The standard InChI is InChI=1S/C18H20ClNO8S/c1-24-13-7-6-10(8-12(13)19)29(22,23)20-15-11(18(21)28-5)9-14(25-2)16(26-3)17(15)27-4/h6-9,20H,1-5H3. The zero-order valence-electron chi connectivity index (χ0n) is 16.4. The molecule has 0 aliphatic heterocycles. The lowest BCUT2D eigenvalue weighted by atomic mass is 10.1. The van der Waals surface area contributed by atoms with Gasteiger partial charge < -0.3 is 23.7 Å². The molecule has 0 spiro atoms. The van der Waals surface area contributed by atoms with Crippen LogP contribution in [0.1, 0.15) is 10.4 Å². The molecular weight excluding hydrogens is 426 g/mol. The number of methoxy groups -OCH3 is 5. The van der Waals surface area contributed by atoms with Crippen LogP contribution in [-0.2, 0) is 14.8 Å². The summed E-state index contributed by atoms with van der Waals surface area (Å²) in [6.45, 7) is 0. The Kier molecular flexibility index (Phi) is 7.04. The molecule has 1 N–H and O–H groups in total. The summed E-state index contributed by atoms with van der Waals surface area (Å²) in [6.07, 6.45) is 0. The monoisotopic (exact) mass is 445 g/mol. The van der Waals surface area contributed by atoms with Crippen molar-refractivity contribution in [3.05, 3.63) is 34.9 Å². The molecule has 0 atom stereocenters. The number of carbonyl (C=O) groups is 1. The fraction of sp³-hybridized carbons (Fsp3) is 0.278. The van der Waals surface area contributed by atoms with Gasteiger partial charge in [0.2, 0.25) is 5.75 Å². The van der Waals surface area contributed by atoms with Crippen LogP contribution in [0.4, 0.5) is 5.69 Å². The van der Waals surface area contributed by atoms with Crippen molar-refractivity contribution >= 4 is 33.3 Å². The van der Waals surface area contributed by atoms with E-state index in [1.54, 1.807) is 0 Å². The van der Waals surface area contributed by atoms with Crippen molar-refractivity contribution in [3.63, 3.8) is 0 Å². The average Bonchev–Trinajstić information content (AvgIpc) is 2.72. The summed E-state index contributed by atoms with van der Waals surface area (Å²) in [5, 5.41) is 0.0999. The van der Waals surface area contributed by atoms with Crippen molar-refractivity contribution in [2.45, 2.75) is 4.90 Å². The maximum absolute atomic E-state index is 12.9. The maximum atomic E-state index is 12.9. The number of sulfonamides is 1. The van der Waals surface area contributed by atoms with Crippen LogP contribution in [0.25, 0.3) is 0 Å². The first-order chi connectivity index (χ1) is 13.7. The number of halogens is 1. The number of carbonyl (C=O) groups excluding carboxylic acids is 1. The largest absolute Gasteiger partial charge is 0.495 e. The Morgan fingerprint density at radius 2 is 1.52 bits per heavy atom. The highest BCUT2D eigenvalue weighted by Gasteiger charge is 2.28. The number of esters is 1. The first-order valence-corrected chi connectivity index (χ1v) is 9.87. The van der Waals surface area contributed by atoms with Crippen molar-refractivity contribution in [1.82, 2.24) is 0 Å². The van der Waals surface area contributed by atoms with Gasteiger partial charge in [-0.25, -0.2) is 13.2 Å². The molecule has 0 saturated heterocycles. The van der Waals surface area contributed by atoms with Gasteiger partial charge in [-0.05, 0) is 18.2 Å². The van der Waals surface area contributed by atoms with E-state index in [1.807, 2.05) is 0 Å². The Bertz CT molecular complexity index is 1020. The number of benzene rings is 2. The fourth-order valence-corrected chi connectivity index (χ4v) is 3.97. The van der Waals surface area contributed by atoms with E-state index in [1.165, 1.54) is 52.7 Å². The molecule has 0 amide bonds. The lowest BCUT2D eigenvalue weighted by molar-refractivity contribution is 0.0601. The van der Waals surface area contributed by atoms with Gasteiger partial charge in [0, 0.05) is 6.07 Å². The van der Waals surface area contributed by atoms with E-state index in [9.17, 15) is 13.2 Å². The van der Waals surface area contributed by atoms with Gasteiger partial charge in [0.25, 0.3) is 10.0 Å². The van der Waals surface area contributed by atoms with E-state index in [4.69, 9.17) is 35.3 Å². The number of hydrogen-bond donors (Lipinski definition) is 1. The topological polar surface area (TPSA) is 109 Å². The maximum Gasteiger partial charge on any atom is 0.340 e. The second-order valence-electron chi connectivity index (χ2n) is 5.46. The van der Waals surface area contributed by atoms with Crippen molar-refractivity contribution in [3.8, 4) is 23.0 Å². The van der Waals surface area contributed by atoms with Crippen LogP contribution in [0.2, 0.25) is 5.02 Å². The molecule has 0 fully saturated rings. The van der Waals surface area contributed by atoms with Crippen LogP contribution < -0.4 is 23.7 Å². The van der Waals surface area contributed by atoms with Gasteiger partial charge in [-0.1, -0.05) is 11.6 Å². The van der Waals surface area contributed by atoms with E-state index in [-0.39, 0.29) is 38.4 Å². The van der Waals surface area contributed by atoms with E-state index in [0.29, 0.717) is 5.75 Å². The highest BCUT2D eigenvalue weighted by atomic mass is 35.5. The Balaban J connectivity index is 2.69. The van der Waals surface area contributed by atoms with Crippen molar-refractivity contribution in [2.75, 3.05) is 40.3 Å². The molecule has 0 heterocycles. The van der Waals surface area contributed by atoms with Crippen molar-refractivity contribution < 1.29 is 36.9 Å². The summed E-state index contributed by atoms with van der Waals surface area (Å²) in [5.41, 5.74) is -0.311. The molecular formula is C18H20ClNO8S. The third kappa shape index (κ3) is 4.43. The molecule has 2 aromatic carbocycles. The van der Waals surface area contributed by atoms with Crippen molar-refractivity contribution in [2.24, 2.45) is 0 Å². The van der Waals surface area contributed by atoms with Crippen LogP contribution in [0, 0.1) is 0 Å². The van der Waals surface area contributed by atoms with E-state index in [0.717, 1.165) is 7.11 Å². The van der Waals surface area contributed by atoms with E-state index < -0.39 is 16.0 Å². The molecule has 2 aromatic rings. The number of rotatable bonds is 8. The zero-order valence-corrected chi connectivity index (χ0v) is 17.9. The van der Waals surface area contributed by atoms with Gasteiger partial charge in [-0.15, -0.1) is 0 Å². The SMILES string of the molecule is COC(=O)c1cc(OC)c(OC)c(OC)c1NS(=O)(=O)c1ccc(OC)c(Cl)c1. The Morgan fingerprint density at radius 1 is 0.897 bits per heavy atom. The molecule has 0 aromatic heterocycles. The molecule has 9 nitrogen and oxygen atoms in total. The quantitative estimate of drug-likeness (QED) is 0.617. The fourth-order valence-electron chi connectivity index (χ4n) is 2.54. The third-order valence-corrected chi connectivity index (χ3v) is 5.55. The summed E-state index contributed by atoms with van der Waals surface area (Å²) in [7, 11) is 2.39. The molecule has 0 aliphatic rings. The van der Waals surface area contributed by atoms with Gasteiger partial charge in [-0.3, -0.25) is 4.72 Å². The summed E-state index contributed by atoms with van der Waals surface area (Å²) in [5.74, 6) is -0.317. The second kappa shape index (κ2) is 9.10. The molecule has 0 saturated carbocycles. The Hall–Kier alpha value is -2.85. The summed E-state index contributed by atoms with van der Waals surface area (Å²) >= 11 is 6.04. The van der Waals surface area contributed by atoms with Crippen LogP contribution in [0.15, 0.2) is 29.2 Å². The third-order valence-electron chi connectivity index (χ3n) is 3.91. The normalized spacial score (nSPS) is 10.8. The Labute approximate surface area is 173 Å². The smallest absolute Gasteiger partial charge is 0.340 e. The molecule has 158 valence electrons. The molecule has 2 rings (SSSR count).